The van der Waals surface area contributed by atoms with E-state index in [4.69, 9.17) is 34.8 Å². The van der Waals surface area contributed by atoms with E-state index in [1.165, 1.54) is 30.3 Å². The Balaban J connectivity index is 2.42. The number of hydrogen-bond donors (Lipinski definition) is 1. The summed E-state index contributed by atoms with van der Waals surface area (Å²) >= 11 is 17.5. The van der Waals surface area contributed by atoms with Gasteiger partial charge >= 0.3 is 0 Å². The molecule has 0 fully saturated rings. The van der Waals surface area contributed by atoms with Gasteiger partial charge in [0.1, 0.15) is 0 Å². The molecule has 6 nitrogen and oxygen atoms in total. The topological polar surface area (TPSA) is 89.3 Å². The van der Waals surface area contributed by atoms with Gasteiger partial charge in [-0.05, 0) is 18.2 Å². The first-order valence-corrected chi connectivity index (χ1v) is 8.24. The Morgan fingerprint density at radius 1 is 1.00 bits per heavy atom. The molecule has 0 aromatic heterocycles. The van der Waals surface area contributed by atoms with Gasteiger partial charge in [0.25, 0.3) is 15.7 Å². The molecule has 0 aliphatic heterocycles. The highest BCUT2D eigenvalue weighted by Crippen LogP contribution is 2.33. The van der Waals surface area contributed by atoms with Crippen LogP contribution in [0.2, 0.25) is 15.1 Å². The molecule has 0 saturated carbocycles. The average Bonchev–Trinajstić information content (AvgIpc) is 2.44. The Hall–Kier alpha value is -1.54. The second-order valence-electron chi connectivity index (χ2n) is 4.11. The highest BCUT2D eigenvalue weighted by Gasteiger charge is 2.19. The third-order valence-corrected chi connectivity index (χ3v) is 4.99. The minimum Gasteiger partial charge on any atom is -0.278 e. The van der Waals surface area contributed by atoms with Gasteiger partial charge in [-0.1, -0.05) is 40.9 Å². The minimum absolute atomic E-state index is 0.0163. The fourth-order valence-electron chi connectivity index (χ4n) is 1.57. The van der Waals surface area contributed by atoms with Crippen molar-refractivity contribution in [3.05, 3.63) is 61.6 Å². The summed E-state index contributed by atoms with van der Waals surface area (Å²) in [5, 5.41) is 11.0. The van der Waals surface area contributed by atoms with E-state index < -0.39 is 14.9 Å². The molecule has 10 heteroatoms. The lowest BCUT2D eigenvalue weighted by atomic mass is 10.3. The van der Waals surface area contributed by atoms with Crippen molar-refractivity contribution in [2.24, 2.45) is 0 Å². The molecule has 0 heterocycles. The lowest BCUT2D eigenvalue weighted by molar-refractivity contribution is -0.385. The molecule has 0 unspecified atom stereocenters. The molecule has 0 radical (unpaired) electrons. The van der Waals surface area contributed by atoms with Crippen LogP contribution in [0.3, 0.4) is 0 Å². The number of non-ortho nitro benzene ring substituents is 1. The Bertz CT molecular complexity index is 855. The molecule has 0 atom stereocenters. The van der Waals surface area contributed by atoms with E-state index in [1.54, 1.807) is 0 Å². The van der Waals surface area contributed by atoms with Gasteiger partial charge in [0, 0.05) is 12.1 Å². The number of hydrogen-bond acceptors (Lipinski definition) is 4. The van der Waals surface area contributed by atoms with E-state index in [-0.39, 0.29) is 31.3 Å². The largest absolute Gasteiger partial charge is 0.278 e. The van der Waals surface area contributed by atoms with E-state index in [0.29, 0.717) is 0 Å². The van der Waals surface area contributed by atoms with Crippen molar-refractivity contribution in [3.8, 4) is 0 Å². The van der Waals surface area contributed by atoms with Gasteiger partial charge in [0.05, 0.1) is 30.6 Å². The van der Waals surface area contributed by atoms with E-state index in [9.17, 15) is 18.5 Å². The van der Waals surface area contributed by atoms with Crippen molar-refractivity contribution in [2.75, 3.05) is 4.72 Å². The molecule has 2 aromatic rings. The van der Waals surface area contributed by atoms with Gasteiger partial charge in [0.2, 0.25) is 0 Å². The minimum atomic E-state index is -4.06. The molecular weight excluding hydrogens is 375 g/mol. The highest BCUT2D eigenvalue weighted by molar-refractivity contribution is 7.92. The zero-order chi connectivity index (χ0) is 16.5. The summed E-state index contributed by atoms with van der Waals surface area (Å²) in [5.41, 5.74) is -0.328. The number of nitrogens with zero attached hydrogens (tertiary/aromatic N) is 1. The number of anilines is 1. The van der Waals surface area contributed by atoms with Crippen molar-refractivity contribution in [3.63, 3.8) is 0 Å². The zero-order valence-electron chi connectivity index (χ0n) is 10.6. The molecule has 116 valence electrons. The van der Waals surface area contributed by atoms with Gasteiger partial charge in [0.15, 0.2) is 0 Å². The van der Waals surface area contributed by atoms with Crippen LogP contribution in [0, 0.1) is 10.1 Å². The van der Waals surface area contributed by atoms with Crippen LogP contribution < -0.4 is 4.72 Å². The Morgan fingerprint density at radius 2 is 1.64 bits per heavy atom. The summed E-state index contributed by atoms with van der Waals surface area (Å²) in [7, 11) is -4.06. The van der Waals surface area contributed by atoms with Crippen LogP contribution in [0.1, 0.15) is 0 Å². The third-order valence-electron chi connectivity index (χ3n) is 2.59. The van der Waals surface area contributed by atoms with Crippen LogP contribution in [0.5, 0.6) is 0 Å². The van der Waals surface area contributed by atoms with Crippen molar-refractivity contribution >= 4 is 56.2 Å². The fraction of sp³-hybridized carbons (Fsp3) is 0. The van der Waals surface area contributed by atoms with Crippen molar-refractivity contribution < 1.29 is 13.3 Å². The predicted octanol–water partition coefficient (Wildman–Crippen LogP) is 4.36. The summed E-state index contributed by atoms with van der Waals surface area (Å²) in [6.07, 6.45) is 0. The molecule has 0 aliphatic carbocycles. The van der Waals surface area contributed by atoms with Crippen LogP contribution in [0.25, 0.3) is 0 Å². The van der Waals surface area contributed by atoms with Crippen LogP contribution in [-0.2, 0) is 10.0 Å². The first-order valence-electron chi connectivity index (χ1n) is 5.62. The Labute approximate surface area is 140 Å². The first kappa shape index (κ1) is 16.8. The molecule has 0 saturated heterocycles. The van der Waals surface area contributed by atoms with E-state index in [1.807, 2.05) is 0 Å². The number of nitrogens with one attached hydrogen (secondary N) is 1. The zero-order valence-corrected chi connectivity index (χ0v) is 13.7. The summed E-state index contributed by atoms with van der Waals surface area (Å²) in [6.45, 7) is 0. The molecule has 0 amide bonds. The summed E-state index contributed by atoms with van der Waals surface area (Å²) < 4.78 is 26.7. The number of benzene rings is 2. The third kappa shape index (κ3) is 3.61. The number of nitro groups is 1. The maximum Gasteiger partial charge on any atom is 0.270 e. The Kier molecular flexibility index (Phi) is 4.81. The van der Waals surface area contributed by atoms with Crippen LogP contribution in [-0.4, -0.2) is 13.3 Å². The summed E-state index contributed by atoms with van der Waals surface area (Å²) in [6, 6.07) is 7.15. The van der Waals surface area contributed by atoms with Gasteiger partial charge < -0.3 is 0 Å². The number of sulfonamides is 1. The van der Waals surface area contributed by atoms with E-state index >= 15 is 0 Å². The predicted molar refractivity (Wildman–Crippen MR) is 85.4 cm³/mol. The molecule has 1 N–H and O–H groups in total. The molecule has 2 rings (SSSR count). The standard InChI is InChI=1S/C12H7Cl3N2O4S/c13-9-5-11(15)12(6-10(9)14)16-22(20,21)8-3-1-2-7(4-8)17(18)19/h1-6,16H. The molecule has 2 aromatic carbocycles. The fourth-order valence-corrected chi connectivity index (χ4v) is 3.33. The van der Waals surface area contributed by atoms with E-state index in [0.717, 1.165) is 6.07 Å². The van der Waals surface area contributed by atoms with Gasteiger partial charge in [-0.15, -0.1) is 0 Å². The lowest BCUT2D eigenvalue weighted by Crippen LogP contribution is -2.13. The monoisotopic (exact) mass is 380 g/mol. The first-order chi connectivity index (χ1) is 10.2. The Morgan fingerprint density at radius 3 is 2.27 bits per heavy atom. The SMILES string of the molecule is O=[N+]([O-])c1cccc(S(=O)(=O)Nc2cc(Cl)c(Cl)cc2Cl)c1. The molecule has 0 spiro atoms. The number of halogens is 3. The second-order valence-corrected chi connectivity index (χ2v) is 7.01. The normalized spacial score (nSPS) is 11.2. The highest BCUT2D eigenvalue weighted by atomic mass is 35.5. The molecule has 0 aliphatic rings. The molecule has 0 bridgehead atoms. The van der Waals surface area contributed by atoms with Gasteiger partial charge in [-0.25, -0.2) is 8.42 Å². The van der Waals surface area contributed by atoms with Crippen LogP contribution in [0.15, 0.2) is 41.3 Å². The smallest absolute Gasteiger partial charge is 0.270 e. The van der Waals surface area contributed by atoms with Crippen molar-refractivity contribution in [2.45, 2.75) is 4.90 Å². The quantitative estimate of drug-likeness (QED) is 0.484. The maximum absolute atomic E-state index is 12.3. The van der Waals surface area contributed by atoms with Gasteiger partial charge in [-0.3, -0.25) is 14.8 Å². The molecule has 22 heavy (non-hydrogen) atoms. The number of nitro benzene ring substituents is 1. The maximum atomic E-state index is 12.3. The summed E-state index contributed by atoms with van der Waals surface area (Å²) in [5.74, 6) is 0. The second kappa shape index (κ2) is 6.29. The van der Waals surface area contributed by atoms with Crippen molar-refractivity contribution in [1.82, 2.24) is 0 Å². The molecular formula is C12H7Cl3N2O4S. The van der Waals surface area contributed by atoms with Crippen LogP contribution >= 0.6 is 34.8 Å². The lowest BCUT2D eigenvalue weighted by Gasteiger charge is -2.10. The average molecular weight is 382 g/mol. The van der Waals surface area contributed by atoms with Gasteiger partial charge in [-0.2, -0.15) is 0 Å². The van der Waals surface area contributed by atoms with E-state index in [2.05, 4.69) is 4.72 Å². The number of rotatable bonds is 4. The van der Waals surface area contributed by atoms with Crippen molar-refractivity contribution in [1.29, 1.82) is 0 Å². The summed E-state index contributed by atoms with van der Waals surface area (Å²) in [4.78, 5) is 9.75. The van der Waals surface area contributed by atoms with Crippen LogP contribution in [0.4, 0.5) is 11.4 Å².